The van der Waals surface area contributed by atoms with Crippen LogP contribution in [0, 0.1) is 0 Å². The monoisotopic (exact) mass is 345 g/mol. The van der Waals surface area contributed by atoms with Crippen LogP contribution in [0.25, 0.3) is 17.1 Å². The van der Waals surface area contributed by atoms with Gasteiger partial charge in [0.05, 0.1) is 7.11 Å². The maximum atomic E-state index is 5.91. The fourth-order valence-corrected chi connectivity index (χ4v) is 2.15. The zero-order valence-electron chi connectivity index (χ0n) is 10.4. The molecule has 21 heavy (non-hydrogen) atoms. The molecule has 3 heterocycles. The van der Waals surface area contributed by atoms with Crippen LogP contribution in [0.4, 0.5) is 5.82 Å². The molecule has 0 amide bonds. The predicted octanol–water partition coefficient (Wildman–Crippen LogP) is 2.16. The lowest BCUT2D eigenvalue weighted by molar-refractivity contribution is 0.374. The molecule has 0 atom stereocenters. The molecule has 0 unspecified atom stereocenters. The van der Waals surface area contributed by atoms with Gasteiger partial charge in [-0.3, -0.25) is 0 Å². The second-order valence-corrected chi connectivity index (χ2v) is 4.88. The first-order valence-electron chi connectivity index (χ1n) is 5.44. The van der Waals surface area contributed by atoms with Crippen molar-refractivity contribution in [3.8, 4) is 12.0 Å². The van der Waals surface area contributed by atoms with Crippen molar-refractivity contribution in [3.63, 3.8) is 0 Å². The molecular formula is C10H6Cl3N7O. The Morgan fingerprint density at radius 3 is 2.38 bits per heavy atom. The smallest absolute Gasteiger partial charge is 0.305 e. The average molecular weight is 347 g/mol. The van der Waals surface area contributed by atoms with Crippen LogP contribution in [-0.4, -0.2) is 36.6 Å². The number of fused-ring (bicyclic) bond motifs is 1. The highest BCUT2D eigenvalue weighted by Crippen LogP contribution is 2.30. The number of methoxy groups -OCH3 is 1. The van der Waals surface area contributed by atoms with Crippen molar-refractivity contribution in [1.29, 1.82) is 0 Å². The van der Waals surface area contributed by atoms with Crippen LogP contribution in [-0.2, 0) is 0 Å². The van der Waals surface area contributed by atoms with E-state index in [1.807, 2.05) is 0 Å². The summed E-state index contributed by atoms with van der Waals surface area (Å²) in [5, 5.41) is 0.0507. The number of rotatable bonds is 2. The van der Waals surface area contributed by atoms with Crippen molar-refractivity contribution in [2.45, 2.75) is 0 Å². The second-order valence-electron chi connectivity index (χ2n) is 3.78. The standard InChI is InChI=1S/C10H6Cl3N7O/c1-21-10-17-4-7(14)15-2-16-8(4)20(10)9-18-5(12)3(11)6(13)19-9/h2H,1H3,(H2,14,15,16). The number of ether oxygens (including phenoxy) is 1. The van der Waals surface area contributed by atoms with Crippen molar-refractivity contribution in [2.75, 3.05) is 12.8 Å². The molecule has 3 rings (SSSR count). The summed E-state index contributed by atoms with van der Waals surface area (Å²) in [6, 6.07) is 0.159. The molecule has 8 nitrogen and oxygen atoms in total. The first-order chi connectivity index (χ1) is 10.0. The molecule has 108 valence electrons. The van der Waals surface area contributed by atoms with Crippen molar-refractivity contribution in [2.24, 2.45) is 0 Å². The number of nitrogens with zero attached hydrogens (tertiary/aromatic N) is 6. The van der Waals surface area contributed by atoms with E-state index in [-0.39, 0.29) is 33.1 Å². The predicted molar refractivity (Wildman–Crippen MR) is 78.2 cm³/mol. The molecule has 0 aliphatic heterocycles. The van der Waals surface area contributed by atoms with Crippen molar-refractivity contribution >= 4 is 51.8 Å². The van der Waals surface area contributed by atoms with Gasteiger partial charge in [0, 0.05) is 0 Å². The van der Waals surface area contributed by atoms with E-state index >= 15 is 0 Å². The normalized spacial score (nSPS) is 11.0. The average Bonchev–Trinajstić information content (AvgIpc) is 2.84. The molecule has 2 N–H and O–H groups in total. The van der Waals surface area contributed by atoms with Crippen molar-refractivity contribution < 1.29 is 4.74 Å². The number of nitrogen functional groups attached to an aromatic ring is 1. The summed E-state index contributed by atoms with van der Waals surface area (Å²) < 4.78 is 6.58. The van der Waals surface area contributed by atoms with Crippen LogP contribution in [0.3, 0.4) is 0 Å². The Morgan fingerprint density at radius 2 is 1.76 bits per heavy atom. The van der Waals surface area contributed by atoms with Crippen LogP contribution in [0.1, 0.15) is 0 Å². The molecule has 3 aromatic heterocycles. The third-order valence-corrected chi connectivity index (χ3v) is 3.68. The zero-order valence-corrected chi connectivity index (χ0v) is 12.6. The third-order valence-electron chi connectivity index (χ3n) is 2.58. The summed E-state index contributed by atoms with van der Waals surface area (Å²) in [6.45, 7) is 0. The fraction of sp³-hybridized carbons (Fsp3) is 0.100. The number of hydrogen-bond acceptors (Lipinski definition) is 7. The Bertz CT molecular complexity index is 827. The summed E-state index contributed by atoms with van der Waals surface area (Å²) in [4.78, 5) is 20.2. The number of hydrogen-bond donors (Lipinski definition) is 1. The minimum atomic E-state index is -0.00222. The summed E-state index contributed by atoms with van der Waals surface area (Å²) in [5.74, 6) is 0.301. The number of nitrogens with two attached hydrogens (primary N) is 1. The Kier molecular flexibility index (Phi) is 3.44. The Hall–Kier alpha value is -1.90. The lowest BCUT2D eigenvalue weighted by atomic mass is 10.5. The Morgan fingerprint density at radius 1 is 1.10 bits per heavy atom. The van der Waals surface area contributed by atoms with E-state index in [0.29, 0.717) is 11.2 Å². The van der Waals surface area contributed by atoms with Crippen molar-refractivity contribution in [1.82, 2.24) is 29.5 Å². The molecule has 0 aliphatic carbocycles. The second kappa shape index (κ2) is 5.14. The lowest BCUT2D eigenvalue weighted by Crippen LogP contribution is -2.05. The Balaban J connectivity index is 2.36. The fourth-order valence-electron chi connectivity index (χ4n) is 1.69. The van der Waals surface area contributed by atoms with E-state index in [9.17, 15) is 0 Å². The van der Waals surface area contributed by atoms with Gasteiger partial charge in [-0.2, -0.15) is 15.0 Å². The minimum Gasteiger partial charge on any atom is -0.468 e. The van der Waals surface area contributed by atoms with Crippen LogP contribution in [0.5, 0.6) is 6.01 Å². The molecule has 0 saturated carbocycles. The molecule has 11 heteroatoms. The van der Waals surface area contributed by atoms with Crippen LogP contribution < -0.4 is 10.5 Å². The number of aromatic nitrogens is 6. The number of halogens is 3. The topological polar surface area (TPSA) is 105 Å². The number of imidazole rings is 1. The third kappa shape index (κ3) is 2.21. The van der Waals surface area contributed by atoms with Gasteiger partial charge in [0.1, 0.15) is 11.3 Å². The van der Waals surface area contributed by atoms with E-state index in [1.54, 1.807) is 0 Å². The molecule has 0 aromatic carbocycles. The van der Waals surface area contributed by atoms with Crippen LogP contribution >= 0.6 is 34.8 Å². The maximum Gasteiger partial charge on any atom is 0.305 e. The van der Waals surface area contributed by atoms with Crippen molar-refractivity contribution in [3.05, 3.63) is 21.7 Å². The first kappa shape index (κ1) is 14.1. The highest BCUT2D eigenvalue weighted by molar-refractivity contribution is 6.46. The van der Waals surface area contributed by atoms with Gasteiger partial charge in [-0.1, -0.05) is 34.8 Å². The summed E-state index contributed by atoms with van der Waals surface area (Å²) in [6.07, 6.45) is 1.29. The molecule has 0 aliphatic rings. The molecular weight excluding hydrogens is 341 g/mol. The van der Waals surface area contributed by atoms with Crippen LogP contribution in [0.15, 0.2) is 6.33 Å². The first-order valence-corrected chi connectivity index (χ1v) is 6.58. The zero-order chi connectivity index (χ0) is 15.1. The highest BCUT2D eigenvalue weighted by atomic mass is 35.5. The highest BCUT2D eigenvalue weighted by Gasteiger charge is 2.20. The number of anilines is 1. The van der Waals surface area contributed by atoms with Crippen LogP contribution in [0.2, 0.25) is 15.3 Å². The quantitative estimate of drug-likeness (QED) is 0.709. The largest absolute Gasteiger partial charge is 0.468 e. The van der Waals surface area contributed by atoms with E-state index in [0.717, 1.165) is 0 Å². The summed E-state index contributed by atoms with van der Waals surface area (Å²) >= 11 is 17.7. The van der Waals surface area contributed by atoms with E-state index in [1.165, 1.54) is 18.0 Å². The van der Waals surface area contributed by atoms with Gasteiger partial charge in [-0.25, -0.2) is 14.5 Å². The van der Waals surface area contributed by atoms with E-state index < -0.39 is 0 Å². The minimum absolute atomic E-state index is 0.00222. The van der Waals surface area contributed by atoms with Gasteiger partial charge in [-0.05, 0) is 0 Å². The van der Waals surface area contributed by atoms with Gasteiger partial charge in [-0.15, -0.1) is 0 Å². The van der Waals surface area contributed by atoms with Gasteiger partial charge in [0.2, 0.25) is 5.95 Å². The summed E-state index contributed by atoms with van der Waals surface area (Å²) in [5.41, 5.74) is 6.46. The summed E-state index contributed by atoms with van der Waals surface area (Å²) in [7, 11) is 1.43. The molecule has 0 saturated heterocycles. The van der Waals surface area contributed by atoms with Gasteiger partial charge in [0.15, 0.2) is 27.3 Å². The lowest BCUT2D eigenvalue weighted by Gasteiger charge is -2.07. The van der Waals surface area contributed by atoms with Gasteiger partial charge >= 0.3 is 6.01 Å². The van der Waals surface area contributed by atoms with Gasteiger partial charge in [0.25, 0.3) is 0 Å². The van der Waals surface area contributed by atoms with E-state index in [2.05, 4.69) is 24.9 Å². The molecule has 0 bridgehead atoms. The molecule has 0 spiro atoms. The van der Waals surface area contributed by atoms with E-state index in [4.69, 9.17) is 45.3 Å². The molecule has 0 radical (unpaired) electrons. The van der Waals surface area contributed by atoms with Gasteiger partial charge < -0.3 is 10.5 Å². The SMILES string of the molecule is COc1nc2c(N)ncnc2n1-c1nc(Cl)c(Cl)c(Cl)n1. The maximum absolute atomic E-state index is 5.91. The molecule has 0 fully saturated rings. The molecule has 3 aromatic rings. The Labute approximate surface area is 132 Å².